The zero-order chi connectivity index (χ0) is 21.2. The SMILES string of the molecule is COC(=O)[C@](NC(=O)c1cccc(F)c1)(Nc1nc2c(s1)CCCC2)C(F)(F)F. The van der Waals surface area contributed by atoms with Gasteiger partial charge >= 0.3 is 17.8 Å². The van der Waals surface area contributed by atoms with Crippen LogP contribution in [-0.4, -0.2) is 35.8 Å². The summed E-state index contributed by atoms with van der Waals surface area (Å²) in [6, 6.07) is 4.08. The van der Waals surface area contributed by atoms with Gasteiger partial charge in [-0.25, -0.2) is 14.2 Å². The summed E-state index contributed by atoms with van der Waals surface area (Å²) in [5.41, 5.74) is -3.31. The van der Waals surface area contributed by atoms with Crippen molar-refractivity contribution in [2.24, 2.45) is 0 Å². The highest BCUT2D eigenvalue weighted by Gasteiger charge is 2.64. The van der Waals surface area contributed by atoms with Crippen LogP contribution < -0.4 is 10.6 Å². The molecule has 1 aromatic carbocycles. The number of halogens is 4. The van der Waals surface area contributed by atoms with Gasteiger partial charge in [0, 0.05) is 10.4 Å². The predicted octanol–water partition coefficient (Wildman–Crippen LogP) is 3.43. The van der Waals surface area contributed by atoms with Crippen molar-refractivity contribution >= 4 is 28.3 Å². The number of carbonyl (C=O) groups excluding carboxylic acids is 2. The zero-order valence-corrected chi connectivity index (χ0v) is 16.0. The van der Waals surface area contributed by atoms with Crippen LogP contribution in [0.5, 0.6) is 0 Å². The molecule has 0 radical (unpaired) electrons. The number of benzene rings is 1. The minimum Gasteiger partial charge on any atom is -0.466 e. The van der Waals surface area contributed by atoms with Crippen LogP contribution in [0.3, 0.4) is 0 Å². The first kappa shape index (κ1) is 21.0. The van der Waals surface area contributed by atoms with Gasteiger partial charge in [-0.2, -0.15) is 13.2 Å². The highest BCUT2D eigenvalue weighted by atomic mass is 32.1. The van der Waals surface area contributed by atoms with E-state index in [9.17, 15) is 27.2 Å². The molecule has 2 N–H and O–H groups in total. The molecule has 1 aliphatic carbocycles. The number of nitrogens with one attached hydrogen (secondary N) is 2. The Hall–Kier alpha value is -2.69. The number of carbonyl (C=O) groups is 2. The van der Waals surface area contributed by atoms with E-state index in [0.717, 1.165) is 54.4 Å². The molecule has 0 aliphatic heterocycles. The Kier molecular flexibility index (Phi) is 5.78. The number of ether oxygens (including phenoxy) is 1. The van der Waals surface area contributed by atoms with E-state index in [2.05, 4.69) is 9.72 Å². The van der Waals surface area contributed by atoms with Crippen LogP contribution in [0, 0.1) is 5.82 Å². The van der Waals surface area contributed by atoms with E-state index in [4.69, 9.17) is 0 Å². The van der Waals surface area contributed by atoms with Crippen LogP contribution >= 0.6 is 11.3 Å². The maximum absolute atomic E-state index is 14.1. The molecular formula is C18H17F4N3O3S. The summed E-state index contributed by atoms with van der Waals surface area (Å²) < 4.78 is 59.9. The minimum absolute atomic E-state index is 0.167. The molecule has 1 atom stereocenters. The van der Waals surface area contributed by atoms with Crippen molar-refractivity contribution in [2.75, 3.05) is 12.4 Å². The second-order valence-electron chi connectivity index (χ2n) is 6.42. The van der Waals surface area contributed by atoms with E-state index in [0.29, 0.717) is 18.5 Å². The highest BCUT2D eigenvalue weighted by molar-refractivity contribution is 7.15. The average Bonchev–Trinajstić information content (AvgIpc) is 3.08. The lowest BCUT2D eigenvalue weighted by Crippen LogP contribution is -2.69. The van der Waals surface area contributed by atoms with Crippen LogP contribution in [0.25, 0.3) is 0 Å². The van der Waals surface area contributed by atoms with Crippen molar-refractivity contribution in [1.82, 2.24) is 10.3 Å². The third-order valence-electron chi connectivity index (χ3n) is 4.44. The summed E-state index contributed by atoms with van der Waals surface area (Å²) in [7, 11) is 0.770. The number of anilines is 1. The van der Waals surface area contributed by atoms with Crippen molar-refractivity contribution in [3.05, 3.63) is 46.2 Å². The Bertz CT molecular complexity index is 908. The van der Waals surface area contributed by atoms with Gasteiger partial charge in [-0.1, -0.05) is 6.07 Å². The van der Waals surface area contributed by atoms with Crippen LogP contribution in [-0.2, 0) is 22.4 Å². The summed E-state index contributed by atoms with van der Waals surface area (Å²) in [5.74, 6) is -3.89. The van der Waals surface area contributed by atoms with Crippen LogP contribution in [0.2, 0.25) is 0 Å². The number of aryl methyl sites for hydroxylation is 2. The molecule has 1 heterocycles. The van der Waals surface area contributed by atoms with E-state index < -0.39 is 29.5 Å². The third kappa shape index (κ3) is 4.19. The van der Waals surface area contributed by atoms with E-state index in [1.807, 2.05) is 5.32 Å². The Morgan fingerprint density at radius 3 is 2.55 bits per heavy atom. The maximum Gasteiger partial charge on any atom is 0.442 e. The molecule has 0 fully saturated rings. The number of rotatable bonds is 5. The smallest absolute Gasteiger partial charge is 0.442 e. The van der Waals surface area contributed by atoms with Crippen LogP contribution in [0.15, 0.2) is 24.3 Å². The molecule has 29 heavy (non-hydrogen) atoms. The minimum atomic E-state index is -5.28. The van der Waals surface area contributed by atoms with E-state index in [1.165, 1.54) is 6.07 Å². The number of esters is 1. The van der Waals surface area contributed by atoms with Gasteiger partial charge in [-0.15, -0.1) is 11.3 Å². The number of alkyl halides is 3. The summed E-state index contributed by atoms with van der Waals surface area (Å²) in [5, 5.41) is 3.51. The number of hydrogen-bond acceptors (Lipinski definition) is 6. The fourth-order valence-electron chi connectivity index (χ4n) is 2.98. The molecule has 2 aromatic rings. The first-order valence-corrected chi connectivity index (χ1v) is 9.48. The van der Waals surface area contributed by atoms with Gasteiger partial charge in [0.2, 0.25) is 0 Å². The molecule has 11 heteroatoms. The molecule has 0 spiro atoms. The largest absolute Gasteiger partial charge is 0.466 e. The predicted molar refractivity (Wildman–Crippen MR) is 97.0 cm³/mol. The fraction of sp³-hybridized carbons (Fsp3) is 0.389. The number of aromatic nitrogens is 1. The highest BCUT2D eigenvalue weighted by Crippen LogP contribution is 2.36. The molecule has 0 saturated carbocycles. The fourth-order valence-corrected chi connectivity index (χ4v) is 4.09. The Morgan fingerprint density at radius 1 is 1.21 bits per heavy atom. The summed E-state index contributed by atoms with van der Waals surface area (Å²) >= 11 is 0.990. The maximum atomic E-state index is 14.1. The number of nitrogens with zero attached hydrogens (tertiary/aromatic N) is 1. The van der Waals surface area contributed by atoms with Crippen molar-refractivity contribution in [2.45, 2.75) is 37.5 Å². The second kappa shape index (κ2) is 7.97. The Morgan fingerprint density at radius 2 is 1.93 bits per heavy atom. The van der Waals surface area contributed by atoms with Gasteiger partial charge in [0.15, 0.2) is 5.13 Å². The van der Waals surface area contributed by atoms with Crippen LogP contribution in [0.1, 0.15) is 33.8 Å². The first-order valence-electron chi connectivity index (χ1n) is 8.66. The summed E-state index contributed by atoms with van der Waals surface area (Å²) in [6.07, 6.45) is -2.21. The summed E-state index contributed by atoms with van der Waals surface area (Å²) in [6.45, 7) is 0. The van der Waals surface area contributed by atoms with Crippen molar-refractivity contribution < 1.29 is 31.9 Å². The molecule has 0 bridgehead atoms. The molecular weight excluding hydrogens is 414 g/mol. The van der Waals surface area contributed by atoms with Gasteiger partial charge < -0.3 is 15.4 Å². The Balaban J connectivity index is 2.00. The van der Waals surface area contributed by atoms with Crippen molar-refractivity contribution in [1.29, 1.82) is 0 Å². The zero-order valence-electron chi connectivity index (χ0n) is 15.2. The molecule has 6 nitrogen and oxygen atoms in total. The van der Waals surface area contributed by atoms with E-state index in [-0.39, 0.29) is 10.7 Å². The molecule has 0 saturated heterocycles. The quantitative estimate of drug-likeness (QED) is 0.431. The number of fused-ring (bicyclic) bond motifs is 1. The van der Waals surface area contributed by atoms with Gasteiger partial charge in [0.1, 0.15) is 5.82 Å². The normalized spacial score (nSPS) is 15.8. The molecule has 1 amide bonds. The number of hydrogen-bond donors (Lipinski definition) is 2. The van der Waals surface area contributed by atoms with Gasteiger partial charge in [0.05, 0.1) is 12.8 Å². The second-order valence-corrected chi connectivity index (χ2v) is 7.51. The standard InChI is InChI=1S/C18H17F4N3O3S/c1-28-15(27)17(18(20,21)22,24-14(26)10-5-4-6-11(19)9-10)25-16-23-12-7-2-3-8-13(12)29-16/h4-6,9H,2-3,7-8H2,1H3,(H,23,25)(H,24,26)/t17-/m0/s1. The number of methoxy groups -OCH3 is 1. The monoisotopic (exact) mass is 431 g/mol. The van der Waals surface area contributed by atoms with Gasteiger partial charge in [-0.3, -0.25) is 4.79 Å². The number of thiazole rings is 1. The lowest BCUT2D eigenvalue weighted by molar-refractivity contribution is -0.203. The van der Waals surface area contributed by atoms with E-state index >= 15 is 0 Å². The van der Waals surface area contributed by atoms with E-state index in [1.54, 1.807) is 5.32 Å². The number of amides is 1. The average molecular weight is 431 g/mol. The topological polar surface area (TPSA) is 80.3 Å². The van der Waals surface area contributed by atoms with Crippen molar-refractivity contribution in [3.63, 3.8) is 0 Å². The molecule has 3 rings (SSSR count). The molecule has 1 aromatic heterocycles. The van der Waals surface area contributed by atoms with Crippen LogP contribution in [0.4, 0.5) is 22.7 Å². The van der Waals surface area contributed by atoms with Gasteiger partial charge in [-0.05, 0) is 43.9 Å². The Labute approximate surface area is 167 Å². The van der Waals surface area contributed by atoms with Crippen molar-refractivity contribution in [3.8, 4) is 0 Å². The molecule has 1 aliphatic rings. The first-order chi connectivity index (χ1) is 13.7. The lowest BCUT2D eigenvalue weighted by Gasteiger charge is -2.34. The lowest BCUT2D eigenvalue weighted by atomic mass is 10.0. The summed E-state index contributed by atoms with van der Waals surface area (Å²) in [4.78, 5) is 29.6. The third-order valence-corrected chi connectivity index (χ3v) is 5.52. The molecule has 156 valence electrons. The van der Waals surface area contributed by atoms with Gasteiger partial charge in [0.25, 0.3) is 5.91 Å². The molecule has 0 unspecified atom stereocenters.